The highest BCUT2D eigenvalue weighted by Gasteiger charge is 2.47. The quantitative estimate of drug-likeness (QED) is 0.0657. The monoisotopic (exact) mass is 1180 g/mol. The van der Waals surface area contributed by atoms with Gasteiger partial charge in [0, 0.05) is 44.5 Å². The second kappa shape index (κ2) is 25.5. The third-order valence-electron chi connectivity index (χ3n) is 14.1. The van der Waals surface area contributed by atoms with Gasteiger partial charge in [0.15, 0.2) is 69.6 Å². The van der Waals surface area contributed by atoms with E-state index in [2.05, 4.69) is 60.8 Å². The normalized spacial score (nSPS) is 24.6. The number of aromatic hydroxyl groups is 3. The Kier molecular flexibility index (Phi) is 17.9. The lowest BCUT2D eigenvalue weighted by Gasteiger charge is -2.17. The molecule has 30 nitrogen and oxygen atoms in total. The number of methoxy groups -OCH3 is 3. The zero-order valence-corrected chi connectivity index (χ0v) is 47.0. The summed E-state index contributed by atoms with van der Waals surface area (Å²) in [5, 5.41) is 100. The van der Waals surface area contributed by atoms with Crippen molar-refractivity contribution >= 4 is 68.0 Å². The molecule has 12 N–H and O–H groups in total. The van der Waals surface area contributed by atoms with Crippen molar-refractivity contribution in [2.24, 2.45) is 0 Å². The molecule has 12 atom stereocenters. The molecule has 0 bridgehead atoms. The van der Waals surface area contributed by atoms with Crippen molar-refractivity contribution < 1.29 is 74.4 Å². The molecule has 3 fully saturated rings. The number of nitrogens with zero attached hydrogens (tertiary/aromatic N) is 12. The second-order valence-electron chi connectivity index (χ2n) is 20.3. The molecule has 3 aliphatic heterocycles. The molecule has 30 heteroatoms. The molecule has 0 saturated carbocycles. The van der Waals surface area contributed by atoms with Crippen LogP contribution in [0, 0.1) is 27.7 Å². The Balaban J connectivity index is 0.000000142. The number of hydrogen-bond acceptors (Lipinski definition) is 27. The Hall–Kier alpha value is -8.37. The van der Waals surface area contributed by atoms with Gasteiger partial charge in [-0.3, -0.25) is 13.7 Å². The van der Waals surface area contributed by atoms with Crippen molar-refractivity contribution in [2.75, 3.05) is 57.1 Å². The summed E-state index contributed by atoms with van der Waals surface area (Å²) in [5.74, 6) is 3.37. The number of phenolic OH excluding ortho intramolecular Hbond substituents is 3. The van der Waals surface area contributed by atoms with Crippen LogP contribution in [0.15, 0.2) is 85.7 Å². The van der Waals surface area contributed by atoms with Crippen molar-refractivity contribution in [1.82, 2.24) is 58.6 Å². The van der Waals surface area contributed by atoms with E-state index in [0.29, 0.717) is 74.1 Å². The fraction of sp³-hybridized carbons (Fsp3) is 0.400. The number of aromatic nitrogens is 12. The molecule has 450 valence electrons. The van der Waals surface area contributed by atoms with Gasteiger partial charge in [-0.25, -0.2) is 44.9 Å². The summed E-state index contributed by atoms with van der Waals surface area (Å²) in [6.45, 7) is 7.56. The molecule has 0 unspecified atom stereocenters. The van der Waals surface area contributed by atoms with Crippen LogP contribution in [-0.2, 0) is 28.4 Å². The number of ether oxygens (including phenoxy) is 6. The topological polar surface area (TPSA) is 404 Å². The lowest BCUT2D eigenvalue weighted by molar-refractivity contribution is -0.0580. The van der Waals surface area contributed by atoms with Crippen molar-refractivity contribution in [2.45, 2.75) is 101 Å². The van der Waals surface area contributed by atoms with Gasteiger partial charge in [-0.2, -0.15) is 0 Å². The first-order chi connectivity index (χ1) is 40.8. The molecule has 12 rings (SSSR count). The van der Waals surface area contributed by atoms with E-state index in [1.807, 2.05) is 6.92 Å². The molecule has 9 aromatic rings. The largest absolute Gasteiger partial charge is 0.508 e. The van der Waals surface area contributed by atoms with Crippen LogP contribution in [0.4, 0.5) is 34.5 Å². The fourth-order valence-electron chi connectivity index (χ4n) is 10.00. The van der Waals surface area contributed by atoms with Gasteiger partial charge in [0.05, 0.1) is 38.8 Å². The maximum Gasteiger partial charge on any atom is 0.167 e. The summed E-state index contributed by atoms with van der Waals surface area (Å²) >= 11 is 0. The van der Waals surface area contributed by atoms with E-state index in [0.717, 1.165) is 16.9 Å². The van der Waals surface area contributed by atoms with Gasteiger partial charge in [0.1, 0.15) is 89.7 Å². The Morgan fingerprint density at radius 3 is 1.20 bits per heavy atom. The van der Waals surface area contributed by atoms with Crippen LogP contribution >= 0.6 is 0 Å². The fourth-order valence-corrected chi connectivity index (χ4v) is 10.00. The van der Waals surface area contributed by atoms with E-state index >= 15 is 0 Å². The van der Waals surface area contributed by atoms with Crippen LogP contribution in [0.2, 0.25) is 0 Å². The zero-order valence-electron chi connectivity index (χ0n) is 47.0. The standard InChI is InChI=1S/C19H23N5O5.2C18H21N5O5/c1-9-6-11(25)4-5-12(9)23-17-14-18(22-10(2)21-17)24(8-20-14)19-16(27)15(26)13(29-19)7-28-3;1-9-20-16(22-10-3-5-11(24)6-4-10)13-17(21-9)23(8-19-13)18-15(26)14(25)12(28-18)7-27-2;1-9-20-16(22-10-4-3-5-11(24)6-10)13-17(21-9)23(8-19-13)18-15(26)14(25)12(28-18)7-27-2/h4-6,8,13,15-16,19,25-27H,7H2,1-3H3,(H,21,22,23);2*3-6,8,12,14-15,18,24-26H,7H2,1-2H3,(H,20,21,22)/t13-,15-,16-,19-;2*12-,14-,15-,18-/m111/s1. The highest BCUT2D eigenvalue weighted by molar-refractivity contribution is 5.87. The minimum Gasteiger partial charge on any atom is -0.508 e. The minimum absolute atomic E-state index is 0.123. The summed E-state index contributed by atoms with van der Waals surface area (Å²) in [6.07, 6.45) is -6.76. The number of benzene rings is 3. The van der Waals surface area contributed by atoms with Crippen molar-refractivity contribution in [3.05, 3.63) is 109 Å². The SMILES string of the molecule is COC[C@H]1O[C@@H](n2cnc3c(Nc4ccc(O)cc4)nc(C)nc32)[C@H](O)[C@@H]1O.COC[C@H]1O[C@@H](n2cnc3c(Nc4ccc(O)cc4C)nc(C)nc32)[C@H](O)[C@@H]1O.COC[C@H]1O[C@@H](n2cnc3c(Nc4cccc(O)c4)nc(C)nc32)[C@H](O)[C@@H]1O. The minimum atomic E-state index is -1.16. The predicted octanol–water partition coefficient (Wildman–Crippen LogP) is 2.86. The first-order valence-electron chi connectivity index (χ1n) is 26.7. The number of aliphatic hydroxyl groups excluding tert-OH is 6. The van der Waals surface area contributed by atoms with E-state index in [1.165, 1.54) is 40.3 Å². The highest BCUT2D eigenvalue weighted by atomic mass is 16.6. The van der Waals surface area contributed by atoms with E-state index in [4.69, 9.17) is 28.4 Å². The molecule has 0 aliphatic carbocycles. The predicted molar refractivity (Wildman–Crippen MR) is 302 cm³/mol. The van der Waals surface area contributed by atoms with Crippen LogP contribution in [-0.4, -0.2) is 201 Å². The third-order valence-corrected chi connectivity index (χ3v) is 14.1. The van der Waals surface area contributed by atoms with E-state index in [-0.39, 0.29) is 37.1 Å². The molecule has 3 aliphatic rings. The number of fused-ring (bicyclic) bond motifs is 3. The Morgan fingerprint density at radius 1 is 0.435 bits per heavy atom. The number of aryl methyl sites for hydroxylation is 4. The van der Waals surface area contributed by atoms with Crippen molar-refractivity contribution in [3.8, 4) is 17.2 Å². The maximum absolute atomic E-state index is 10.5. The van der Waals surface area contributed by atoms with Crippen molar-refractivity contribution in [1.29, 1.82) is 0 Å². The number of hydrogen-bond donors (Lipinski definition) is 12. The molecule has 0 amide bonds. The van der Waals surface area contributed by atoms with Gasteiger partial charge in [-0.15, -0.1) is 0 Å². The Morgan fingerprint density at radius 2 is 0.812 bits per heavy atom. The molecule has 9 heterocycles. The number of aliphatic hydroxyl groups is 6. The lowest BCUT2D eigenvalue weighted by Crippen LogP contribution is -2.33. The molecule has 3 aromatic carbocycles. The number of imidazole rings is 3. The van der Waals surface area contributed by atoms with E-state index < -0.39 is 73.6 Å². The summed E-state index contributed by atoms with van der Waals surface area (Å²) < 4.78 is 37.2. The summed E-state index contributed by atoms with van der Waals surface area (Å²) in [5.41, 5.74) is 5.79. The molecular weight excluding hydrogens is 1110 g/mol. The van der Waals surface area contributed by atoms with Crippen LogP contribution in [0.3, 0.4) is 0 Å². The highest BCUT2D eigenvalue weighted by Crippen LogP contribution is 2.37. The summed E-state index contributed by atoms with van der Waals surface area (Å²) in [6, 6.07) is 18.2. The smallest absolute Gasteiger partial charge is 0.167 e. The maximum atomic E-state index is 10.5. The Bertz CT molecular complexity index is 3780. The number of nitrogens with one attached hydrogen (secondary N) is 3. The number of phenols is 3. The molecule has 3 saturated heterocycles. The average molecular weight is 1180 g/mol. The van der Waals surface area contributed by atoms with E-state index in [9.17, 15) is 46.0 Å². The molecule has 6 aromatic heterocycles. The van der Waals surface area contributed by atoms with Crippen LogP contribution in [0.1, 0.15) is 41.7 Å². The first-order valence-corrected chi connectivity index (χ1v) is 26.7. The molecule has 0 spiro atoms. The van der Waals surface area contributed by atoms with Gasteiger partial charge in [0.25, 0.3) is 0 Å². The van der Waals surface area contributed by atoms with Gasteiger partial charge in [-0.1, -0.05) is 6.07 Å². The van der Waals surface area contributed by atoms with Crippen LogP contribution in [0.25, 0.3) is 33.5 Å². The lowest BCUT2D eigenvalue weighted by atomic mass is 10.1. The Labute approximate surface area is 483 Å². The molecule has 85 heavy (non-hydrogen) atoms. The van der Waals surface area contributed by atoms with E-state index in [1.54, 1.807) is 101 Å². The van der Waals surface area contributed by atoms with Crippen LogP contribution in [0.5, 0.6) is 17.2 Å². The summed E-state index contributed by atoms with van der Waals surface area (Å²) in [4.78, 5) is 39.7. The molecule has 0 radical (unpaired) electrons. The van der Waals surface area contributed by atoms with Gasteiger partial charge < -0.3 is 90.3 Å². The average Bonchev–Trinajstić information content (AvgIpc) is 2.64. The zero-order chi connectivity index (χ0) is 60.4. The van der Waals surface area contributed by atoms with Gasteiger partial charge in [0.2, 0.25) is 0 Å². The summed E-state index contributed by atoms with van der Waals surface area (Å²) in [7, 11) is 4.50. The van der Waals surface area contributed by atoms with Gasteiger partial charge in [-0.05, 0) is 87.9 Å². The molecular formula is C55H65N15O15. The van der Waals surface area contributed by atoms with Crippen molar-refractivity contribution in [3.63, 3.8) is 0 Å². The number of anilines is 6. The third kappa shape index (κ3) is 12.6. The number of rotatable bonds is 15. The first kappa shape index (κ1) is 59.8. The second-order valence-corrected chi connectivity index (χ2v) is 20.3. The van der Waals surface area contributed by atoms with Gasteiger partial charge >= 0.3 is 0 Å². The van der Waals surface area contributed by atoms with Crippen LogP contribution < -0.4 is 16.0 Å².